The van der Waals surface area contributed by atoms with E-state index in [0.29, 0.717) is 12.3 Å². The third kappa shape index (κ3) is 6.97. The molecule has 0 bridgehead atoms. The van der Waals surface area contributed by atoms with Crippen LogP contribution in [-0.4, -0.2) is 35.0 Å². The molecule has 0 fully saturated rings. The zero-order valence-corrected chi connectivity index (χ0v) is 11.6. The summed E-state index contributed by atoms with van der Waals surface area (Å²) >= 11 is 0. The minimum atomic E-state index is -0.844. The van der Waals surface area contributed by atoms with Crippen LogP contribution in [0.5, 0.6) is 0 Å². The Balaban J connectivity index is 4.16. The standard InChI is InChI=1S/C13H25NO3/c1-9(2)6-11(4)14(5)12(15)7-10(3)8-13(16)17/h9-11H,6-8H2,1-5H3,(H,16,17). The third-order valence-electron chi connectivity index (χ3n) is 2.91. The van der Waals surface area contributed by atoms with E-state index in [0.717, 1.165) is 6.42 Å². The van der Waals surface area contributed by atoms with Crippen LogP contribution in [0.3, 0.4) is 0 Å². The van der Waals surface area contributed by atoms with E-state index < -0.39 is 5.97 Å². The van der Waals surface area contributed by atoms with Crippen molar-refractivity contribution in [2.24, 2.45) is 11.8 Å². The molecule has 1 N–H and O–H groups in total. The fourth-order valence-electron chi connectivity index (χ4n) is 1.90. The predicted molar refractivity (Wildman–Crippen MR) is 67.7 cm³/mol. The van der Waals surface area contributed by atoms with Gasteiger partial charge in [0.1, 0.15) is 0 Å². The van der Waals surface area contributed by atoms with E-state index in [-0.39, 0.29) is 24.3 Å². The first-order chi connectivity index (χ1) is 7.73. The molecule has 2 unspecified atom stereocenters. The minimum absolute atomic E-state index is 0.0342. The van der Waals surface area contributed by atoms with Gasteiger partial charge < -0.3 is 10.0 Å². The Kier molecular flexibility index (Phi) is 6.85. The topological polar surface area (TPSA) is 57.6 Å². The Morgan fingerprint density at radius 1 is 1.12 bits per heavy atom. The van der Waals surface area contributed by atoms with Crippen LogP contribution in [0, 0.1) is 11.8 Å². The van der Waals surface area contributed by atoms with E-state index >= 15 is 0 Å². The lowest BCUT2D eigenvalue weighted by atomic mass is 10.0. The molecule has 4 heteroatoms. The maximum Gasteiger partial charge on any atom is 0.303 e. The van der Waals surface area contributed by atoms with Crippen LogP contribution in [0.1, 0.15) is 47.0 Å². The first kappa shape index (κ1) is 15.9. The van der Waals surface area contributed by atoms with Gasteiger partial charge in [0.05, 0.1) is 0 Å². The van der Waals surface area contributed by atoms with E-state index in [2.05, 4.69) is 13.8 Å². The SMILES string of the molecule is CC(C)CC(C)N(C)C(=O)CC(C)CC(=O)O. The lowest BCUT2D eigenvalue weighted by molar-refractivity contribution is -0.138. The number of hydrogen-bond acceptors (Lipinski definition) is 2. The highest BCUT2D eigenvalue weighted by Crippen LogP contribution is 2.14. The van der Waals surface area contributed by atoms with Crippen molar-refractivity contribution in [3.8, 4) is 0 Å². The summed E-state index contributed by atoms with van der Waals surface area (Å²) < 4.78 is 0. The lowest BCUT2D eigenvalue weighted by Crippen LogP contribution is -2.36. The summed E-state index contributed by atoms with van der Waals surface area (Å²) in [6, 6.07) is 0.208. The molecule has 0 saturated heterocycles. The first-order valence-corrected chi connectivity index (χ1v) is 6.21. The van der Waals surface area contributed by atoms with Crippen molar-refractivity contribution >= 4 is 11.9 Å². The number of carbonyl (C=O) groups excluding carboxylic acids is 1. The van der Waals surface area contributed by atoms with Crippen LogP contribution < -0.4 is 0 Å². The zero-order valence-electron chi connectivity index (χ0n) is 11.6. The van der Waals surface area contributed by atoms with Gasteiger partial charge in [0.2, 0.25) is 5.91 Å². The van der Waals surface area contributed by atoms with Crippen molar-refractivity contribution < 1.29 is 14.7 Å². The fraction of sp³-hybridized carbons (Fsp3) is 0.846. The molecule has 0 aliphatic carbocycles. The van der Waals surface area contributed by atoms with Gasteiger partial charge in [-0.1, -0.05) is 20.8 Å². The maximum absolute atomic E-state index is 11.9. The first-order valence-electron chi connectivity index (χ1n) is 6.21. The van der Waals surface area contributed by atoms with Crippen LogP contribution in [0.4, 0.5) is 0 Å². The van der Waals surface area contributed by atoms with Gasteiger partial charge in [0.15, 0.2) is 0 Å². The summed E-state index contributed by atoms with van der Waals surface area (Å²) in [7, 11) is 1.79. The van der Waals surface area contributed by atoms with Crippen molar-refractivity contribution in [1.29, 1.82) is 0 Å². The van der Waals surface area contributed by atoms with Crippen molar-refractivity contribution in [2.75, 3.05) is 7.05 Å². The molecule has 2 atom stereocenters. The summed E-state index contributed by atoms with van der Waals surface area (Å²) in [5, 5.41) is 8.64. The second-order valence-electron chi connectivity index (χ2n) is 5.39. The molecule has 0 aliphatic heterocycles. The Bertz CT molecular complexity index is 263. The molecule has 1 amide bonds. The Morgan fingerprint density at radius 3 is 2.06 bits per heavy atom. The summed E-state index contributed by atoms with van der Waals surface area (Å²) in [5.41, 5.74) is 0. The van der Waals surface area contributed by atoms with Gasteiger partial charge >= 0.3 is 5.97 Å². The van der Waals surface area contributed by atoms with E-state index in [1.54, 1.807) is 18.9 Å². The minimum Gasteiger partial charge on any atom is -0.481 e. The van der Waals surface area contributed by atoms with E-state index in [4.69, 9.17) is 5.11 Å². The largest absolute Gasteiger partial charge is 0.481 e. The predicted octanol–water partition coefficient (Wildman–Crippen LogP) is 2.38. The second kappa shape index (κ2) is 7.30. The molecule has 4 nitrogen and oxygen atoms in total. The van der Waals surface area contributed by atoms with Crippen LogP contribution in [0.15, 0.2) is 0 Å². The zero-order chi connectivity index (χ0) is 13.6. The number of nitrogens with zero attached hydrogens (tertiary/aromatic N) is 1. The van der Waals surface area contributed by atoms with Crippen molar-refractivity contribution in [3.05, 3.63) is 0 Å². The Hall–Kier alpha value is -1.06. The second-order valence-corrected chi connectivity index (χ2v) is 5.39. The van der Waals surface area contributed by atoms with Crippen LogP contribution in [0.2, 0.25) is 0 Å². The third-order valence-corrected chi connectivity index (χ3v) is 2.91. The number of carboxylic acids is 1. The molecule has 100 valence electrons. The van der Waals surface area contributed by atoms with Crippen LogP contribution in [0.25, 0.3) is 0 Å². The number of rotatable bonds is 7. The Morgan fingerprint density at radius 2 is 1.65 bits per heavy atom. The van der Waals surface area contributed by atoms with Crippen molar-refractivity contribution in [2.45, 2.75) is 53.0 Å². The fourth-order valence-corrected chi connectivity index (χ4v) is 1.90. The molecular weight excluding hydrogens is 218 g/mol. The molecule has 0 aliphatic rings. The van der Waals surface area contributed by atoms with E-state index in [1.165, 1.54) is 0 Å². The van der Waals surface area contributed by atoms with E-state index in [1.807, 2.05) is 6.92 Å². The monoisotopic (exact) mass is 243 g/mol. The highest BCUT2D eigenvalue weighted by atomic mass is 16.4. The molecule has 0 rings (SSSR count). The van der Waals surface area contributed by atoms with Gasteiger partial charge in [0, 0.05) is 25.9 Å². The van der Waals surface area contributed by atoms with Gasteiger partial charge in [-0.2, -0.15) is 0 Å². The van der Waals surface area contributed by atoms with Gasteiger partial charge in [-0.3, -0.25) is 9.59 Å². The lowest BCUT2D eigenvalue weighted by Gasteiger charge is -2.27. The molecular formula is C13H25NO3. The van der Waals surface area contributed by atoms with Gasteiger partial charge in [-0.15, -0.1) is 0 Å². The summed E-state index contributed by atoms with van der Waals surface area (Å²) in [6.07, 6.45) is 1.33. The number of carboxylic acid groups (broad SMARTS) is 1. The smallest absolute Gasteiger partial charge is 0.303 e. The maximum atomic E-state index is 11.9. The average Bonchev–Trinajstić information content (AvgIpc) is 2.13. The van der Waals surface area contributed by atoms with Gasteiger partial charge in [-0.05, 0) is 25.2 Å². The van der Waals surface area contributed by atoms with Crippen molar-refractivity contribution in [1.82, 2.24) is 4.90 Å². The van der Waals surface area contributed by atoms with Gasteiger partial charge in [0.25, 0.3) is 0 Å². The molecule has 0 spiro atoms. The quantitative estimate of drug-likeness (QED) is 0.747. The van der Waals surface area contributed by atoms with Crippen LogP contribution >= 0.6 is 0 Å². The molecule has 0 saturated carbocycles. The molecule has 17 heavy (non-hydrogen) atoms. The highest BCUT2D eigenvalue weighted by molar-refractivity contribution is 5.77. The molecule has 0 aromatic rings. The normalized spacial score (nSPS) is 14.5. The van der Waals surface area contributed by atoms with E-state index in [9.17, 15) is 9.59 Å². The van der Waals surface area contributed by atoms with Crippen LogP contribution in [-0.2, 0) is 9.59 Å². The van der Waals surface area contributed by atoms with Gasteiger partial charge in [-0.25, -0.2) is 0 Å². The number of amides is 1. The number of aliphatic carboxylic acids is 1. The van der Waals surface area contributed by atoms with Crippen molar-refractivity contribution in [3.63, 3.8) is 0 Å². The molecule has 0 aromatic heterocycles. The Labute approximate surface area is 104 Å². The number of carbonyl (C=O) groups is 2. The average molecular weight is 243 g/mol. The summed E-state index contributed by atoms with van der Waals surface area (Å²) in [6.45, 7) is 8.08. The summed E-state index contributed by atoms with van der Waals surface area (Å²) in [4.78, 5) is 24.1. The number of hydrogen-bond donors (Lipinski definition) is 1. The molecule has 0 radical (unpaired) electrons. The summed E-state index contributed by atoms with van der Waals surface area (Å²) in [5.74, 6) is -0.361. The molecule has 0 heterocycles. The molecule has 0 aromatic carbocycles. The highest BCUT2D eigenvalue weighted by Gasteiger charge is 2.19.